The van der Waals surface area contributed by atoms with Crippen LogP contribution >= 0.6 is 0 Å². The van der Waals surface area contributed by atoms with E-state index in [1.165, 1.54) is 16.2 Å². The highest BCUT2D eigenvalue weighted by Crippen LogP contribution is 2.16. The average Bonchev–Trinajstić information content (AvgIpc) is 2.62. The van der Waals surface area contributed by atoms with Gasteiger partial charge in [0, 0.05) is 30.9 Å². The molecule has 2 N–H and O–H groups in total. The minimum atomic E-state index is -0.0705. The van der Waals surface area contributed by atoms with Crippen molar-refractivity contribution in [2.24, 2.45) is 0 Å². The lowest BCUT2D eigenvalue weighted by Crippen LogP contribution is -3.07. The van der Waals surface area contributed by atoms with Crippen LogP contribution in [0.25, 0.3) is 0 Å². The zero-order valence-electron chi connectivity index (χ0n) is 15.7. The standard InChI is InChI=1S/C20H27N3O2/c1-22(2)17-10-6-15(7-11-17)19(23(3)4)14-21-20(24)16-8-12-18(25-5)13-9-16/h6-13,19H,14H2,1-5H3,(H,21,24)/p+1/t19-/m0/s1. The quantitative estimate of drug-likeness (QED) is 0.799. The topological polar surface area (TPSA) is 46.0 Å². The number of carbonyl (C=O) groups is 1. The minimum Gasteiger partial charge on any atom is -0.497 e. The molecule has 2 aromatic carbocycles. The molecule has 0 heterocycles. The van der Waals surface area contributed by atoms with Crippen molar-refractivity contribution in [3.05, 3.63) is 59.7 Å². The Morgan fingerprint density at radius 3 is 2.16 bits per heavy atom. The van der Waals surface area contributed by atoms with Crippen molar-refractivity contribution >= 4 is 11.6 Å². The number of nitrogens with zero attached hydrogens (tertiary/aromatic N) is 1. The summed E-state index contributed by atoms with van der Waals surface area (Å²) in [5, 5.41) is 3.04. The molecule has 0 saturated heterocycles. The fourth-order valence-corrected chi connectivity index (χ4v) is 2.70. The van der Waals surface area contributed by atoms with Gasteiger partial charge in [-0.15, -0.1) is 0 Å². The van der Waals surface area contributed by atoms with E-state index in [1.807, 2.05) is 14.1 Å². The first-order valence-corrected chi connectivity index (χ1v) is 8.42. The van der Waals surface area contributed by atoms with Gasteiger partial charge in [-0.3, -0.25) is 4.79 Å². The van der Waals surface area contributed by atoms with Crippen LogP contribution < -0.4 is 19.9 Å². The molecule has 0 saturated carbocycles. The lowest BCUT2D eigenvalue weighted by atomic mass is 10.0. The third-order valence-electron chi connectivity index (χ3n) is 4.33. The van der Waals surface area contributed by atoms with Gasteiger partial charge in [-0.1, -0.05) is 12.1 Å². The molecule has 5 nitrogen and oxygen atoms in total. The molecule has 0 aliphatic heterocycles. The van der Waals surface area contributed by atoms with Crippen molar-refractivity contribution in [3.63, 3.8) is 0 Å². The van der Waals surface area contributed by atoms with Crippen molar-refractivity contribution < 1.29 is 14.4 Å². The zero-order valence-corrected chi connectivity index (χ0v) is 15.7. The number of nitrogens with one attached hydrogen (secondary N) is 2. The van der Waals surface area contributed by atoms with E-state index in [4.69, 9.17) is 4.74 Å². The first-order chi connectivity index (χ1) is 11.9. The van der Waals surface area contributed by atoms with Gasteiger partial charge in [0.2, 0.25) is 0 Å². The van der Waals surface area contributed by atoms with Crippen molar-refractivity contribution in [1.82, 2.24) is 5.32 Å². The molecule has 0 aromatic heterocycles. The van der Waals surface area contributed by atoms with Crippen LogP contribution in [0.3, 0.4) is 0 Å². The van der Waals surface area contributed by atoms with Crippen LogP contribution in [0, 0.1) is 0 Å². The number of carbonyl (C=O) groups excluding carboxylic acids is 1. The molecule has 134 valence electrons. The average molecular weight is 342 g/mol. The normalized spacial score (nSPS) is 11.9. The summed E-state index contributed by atoms with van der Waals surface area (Å²) < 4.78 is 5.12. The van der Waals surface area contributed by atoms with E-state index in [0.717, 1.165) is 5.75 Å². The number of hydrogen-bond acceptors (Lipinski definition) is 3. The molecule has 2 aromatic rings. The van der Waals surface area contributed by atoms with E-state index >= 15 is 0 Å². The fraction of sp³-hybridized carbons (Fsp3) is 0.350. The molecule has 0 radical (unpaired) electrons. The highest BCUT2D eigenvalue weighted by atomic mass is 16.5. The van der Waals surface area contributed by atoms with Crippen LogP contribution in [-0.4, -0.2) is 47.8 Å². The molecular formula is C20H28N3O2+. The molecule has 0 bridgehead atoms. The number of hydrogen-bond donors (Lipinski definition) is 2. The van der Waals surface area contributed by atoms with Crippen LogP contribution in [0.15, 0.2) is 48.5 Å². The van der Waals surface area contributed by atoms with Gasteiger partial charge in [-0.2, -0.15) is 0 Å². The summed E-state index contributed by atoms with van der Waals surface area (Å²) in [6.07, 6.45) is 0. The summed E-state index contributed by atoms with van der Waals surface area (Å²) in [5.74, 6) is 0.673. The highest BCUT2D eigenvalue weighted by molar-refractivity contribution is 5.94. The Morgan fingerprint density at radius 2 is 1.68 bits per heavy atom. The second-order valence-corrected chi connectivity index (χ2v) is 6.55. The van der Waals surface area contributed by atoms with Gasteiger partial charge in [-0.05, 0) is 36.4 Å². The first kappa shape index (κ1) is 18.8. The lowest BCUT2D eigenvalue weighted by molar-refractivity contribution is -0.890. The predicted octanol–water partition coefficient (Wildman–Crippen LogP) is 1.38. The van der Waals surface area contributed by atoms with Gasteiger partial charge in [-0.25, -0.2) is 0 Å². The van der Waals surface area contributed by atoms with Crippen LogP contribution in [0.1, 0.15) is 22.0 Å². The molecule has 0 unspecified atom stereocenters. The Balaban J connectivity index is 2.04. The zero-order chi connectivity index (χ0) is 18.4. The van der Waals surface area contributed by atoms with Crippen molar-refractivity contribution in [2.75, 3.05) is 46.7 Å². The second-order valence-electron chi connectivity index (χ2n) is 6.55. The molecule has 5 heteroatoms. The molecule has 0 spiro atoms. The molecule has 1 amide bonds. The number of methoxy groups -OCH3 is 1. The number of amides is 1. The molecule has 0 fully saturated rings. The minimum absolute atomic E-state index is 0.0705. The van der Waals surface area contributed by atoms with Crippen molar-refractivity contribution in [1.29, 1.82) is 0 Å². The van der Waals surface area contributed by atoms with Gasteiger partial charge in [0.05, 0.1) is 27.7 Å². The third kappa shape index (κ3) is 4.97. The van der Waals surface area contributed by atoms with Crippen LogP contribution in [0.5, 0.6) is 5.75 Å². The molecule has 0 aliphatic rings. The highest BCUT2D eigenvalue weighted by Gasteiger charge is 2.19. The van der Waals surface area contributed by atoms with E-state index in [1.54, 1.807) is 31.4 Å². The summed E-state index contributed by atoms with van der Waals surface area (Å²) in [6, 6.07) is 15.8. The number of benzene rings is 2. The van der Waals surface area contributed by atoms with Gasteiger partial charge >= 0.3 is 0 Å². The Hall–Kier alpha value is -2.53. The van der Waals surface area contributed by atoms with E-state index in [9.17, 15) is 4.79 Å². The maximum atomic E-state index is 12.4. The summed E-state index contributed by atoms with van der Waals surface area (Å²) in [7, 11) is 9.87. The summed E-state index contributed by atoms with van der Waals surface area (Å²) >= 11 is 0. The van der Waals surface area contributed by atoms with Gasteiger partial charge in [0.25, 0.3) is 5.91 Å². The van der Waals surface area contributed by atoms with Crippen LogP contribution in [0.2, 0.25) is 0 Å². The van der Waals surface area contributed by atoms with E-state index < -0.39 is 0 Å². The summed E-state index contributed by atoms with van der Waals surface area (Å²) in [6.45, 7) is 0.578. The van der Waals surface area contributed by atoms with E-state index in [2.05, 4.69) is 48.6 Å². The Labute approximate surface area is 150 Å². The fourth-order valence-electron chi connectivity index (χ4n) is 2.70. The second kappa shape index (κ2) is 8.53. The largest absolute Gasteiger partial charge is 0.497 e. The van der Waals surface area contributed by atoms with Crippen LogP contribution in [-0.2, 0) is 0 Å². The number of anilines is 1. The molecule has 1 atom stereocenters. The lowest BCUT2D eigenvalue weighted by Gasteiger charge is -2.23. The Morgan fingerprint density at radius 1 is 1.08 bits per heavy atom. The van der Waals surface area contributed by atoms with Crippen molar-refractivity contribution in [2.45, 2.75) is 6.04 Å². The summed E-state index contributed by atoms with van der Waals surface area (Å²) in [5.41, 5.74) is 3.01. The Kier molecular flexibility index (Phi) is 6.42. The number of likely N-dealkylation sites (N-methyl/N-ethyl adjacent to an activating group) is 1. The van der Waals surface area contributed by atoms with Crippen molar-refractivity contribution in [3.8, 4) is 5.75 Å². The number of rotatable bonds is 7. The van der Waals surface area contributed by atoms with Gasteiger partial charge < -0.3 is 19.9 Å². The maximum Gasteiger partial charge on any atom is 0.251 e. The molecule has 0 aliphatic carbocycles. The first-order valence-electron chi connectivity index (χ1n) is 8.42. The molecule has 25 heavy (non-hydrogen) atoms. The SMILES string of the molecule is COc1ccc(C(=O)NC[C@@H](c2ccc(N(C)C)cc2)[NH+](C)C)cc1. The molecule has 2 rings (SSSR count). The number of quaternary nitrogens is 1. The van der Waals surface area contributed by atoms with Gasteiger partial charge in [0.1, 0.15) is 11.8 Å². The Bertz CT molecular complexity index is 679. The number of ether oxygens (including phenoxy) is 1. The van der Waals surface area contributed by atoms with Gasteiger partial charge in [0.15, 0.2) is 0 Å². The van der Waals surface area contributed by atoms with E-state index in [0.29, 0.717) is 12.1 Å². The van der Waals surface area contributed by atoms with Crippen LogP contribution in [0.4, 0.5) is 5.69 Å². The summed E-state index contributed by atoms with van der Waals surface area (Å²) in [4.78, 5) is 15.7. The monoisotopic (exact) mass is 342 g/mol. The predicted molar refractivity (Wildman–Crippen MR) is 102 cm³/mol. The molecular weight excluding hydrogens is 314 g/mol. The smallest absolute Gasteiger partial charge is 0.251 e. The maximum absolute atomic E-state index is 12.4. The third-order valence-corrected chi connectivity index (χ3v) is 4.33. The van der Waals surface area contributed by atoms with E-state index in [-0.39, 0.29) is 11.9 Å².